The predicted molar refractivity (Wildman–Crippen MR) is 154 cm³/mol. The highest BCUT2D eigenvalue weighted by Gasteiger charge is 2.25. The number of anilines is 1. The number of carbonyl (C=O) groups excluding carboxylic acids is 1. The van der Waals surface area contributed by atoms with Crippen molar-refractivity contribution in [3.05, 3.63) is 58.1 Å². The molecular weight excluding hydrogens is 590 g/mol. The molecule has 4 aromatic rings. The van der Waals surface area contributed by atoms with Gasteiger partial charge in [-0.25, -0.2) is 4.98 Å². The van der Waals surface area contributed by atoms with Crippen molar-refractivity contribution in [3.8, 4) is 34.5 Å². The van der Waals surface area contributed by atoms with Crippen LogP contribution in [0.3, 0.4) is 0 Å². The van der Waals surface area contributed by atoms with E-state index >= 15 is 0 Å². The monoisotopic (exact) mass is 615 g/mol. The topological polar surface area (TPSA) is 101 Å². The fraction of sp³-hybridized carbons (Fsp3) is 0.222. The van der Waals surface area contributed by atoms with Gasteiger partial charge in [0.25, 0.3) is 5.91 Å². The highest BCUT2D eigenvalue weighted by atomic mass is 79.9. The molecule has 0 aliphatic heterocycles. The molecule has 1 aromatic heterocycles. The van der Waals surface area contributed by atoms with Crippen LogP contribution in [0, 0.1) is 0 Å². The normalized spacial score (nSPS) is 10.9. The Balaban J connectivity index is 1.84. The molecule has 39 heavy (non-hydrogen) atoms. The summed E-state index contributed by atoms with van der Waals surface area (Å²) in [5.41, 5.74) is 1.59. The number of carbonyl (C=O) groups is 1. The van der Waals surface area contributed by atoms with Crippen LogP contribution in [0.15, 0.2) is 52.0 Å². The van der Waals surface area contributed by atoms with E-state index in [2.05, 4.69) is 26.0 Å². The number of hydrazone groups is 1. The zero-order chi connectivity index (χ0) is 28.1. The molecule has 0 radical (unpaired) electrons. The molecule has 0 aliphatic rings. The number of hydrogen-bond acceptors (Lipinski definition) is 10. The van der Waals surface area contributed by atoms with Gasteiger partial charge in [-0.3, -0.25) is 4.79 Å². The third kappa shape index (κ3) is 5.71. The first-order valence-electron chi connectivity index (χ1n) is 11.4. The molecule has 4 rings (SSSR count). The molecule has 12 heteroatoms. The maximum atomic E-state index is 13.9. The quantitative estimate of drug-likeness (QED) is 0.163. The van der Waals surface area contributed by atoms with Crippen molar-refractivity contribution in [2.75, 3.05) is 47.7 Å². The van der Waals surface area contributed by atoms with Gasteiger partial charge in [0.2, 0.25) is 16.6 Å². The van der Waals surface area contributed by atoms with E-state index < -0.39 is 5.91 Å². The van der Waals surface area contributed by atoms with Gasteiger partial charge < -0.3 is 28.4 Å². The molecule has 0 fully saturated rings. The highest BCUT2D eigenvalue weighted by Crippen LogP contribution is 2.40. The maximum Gasteiger partial charge on any atom is 0.281 e. The molecule has 0 aliphatic carbocycles. The number of nitrogens with zero attached hydrogens (tertiary/aromatic N) is 3. The summed E-state index contributed by atoms with van der Waals surface area (Å²) < 4.78 is 34.4. The molecule has 0 unspecified atom stereocenters. The lowest BCUT2D eigenvalue weighted by Crippen LogP contribution is -2.25. The van der Waals surface area contributed by atoms with Crippen molar-refractivity contribution in [3.63, 3.8) is 0 Å². The smallest absolute Gasteiger partial charge is 0.281 e. The summed E-state index contributed by atoms with van der Waals surface area (Å²) in [6.07, 6.45) is 1.52. The summed E-state index contributed by atoms with van der Waals surface area (Å²) in [5, 5.41) is 6.14. The van der Waals surface area contributed by atoms with Crippen LogP contribution < -0.4 is 33.4 Å². The van der Waals surface area contributed by atoms with Crippen LogP contribution in [-0.2, 0) is 0 Å². The van der Waals surface area contributed by atoms with E-state index in [1.807, 2.05) is 18.2 Å². The molecule has 0 spiro atoms. The molecule has 0 saturated carbocycles. The fourth-order valence-electron chi connectivity index (χ4n) is 3.79. The van der Waals surface area contributed by atoms with Gasteiger partial charge in [-0.2, -0.15) is 10.1 Å². The van der Waals surface area contributed by atoms with Crippen LogP contribution in [0.1, 0.15) is 15.9 Å². The van der Waals surface area contributed by atoms with E-state index in [-0.39, 0.29) is 5.56 Å². The maximum absolute atomic E-state index is 13.9. The first-order valence-corrected chi connectivity index (χ1v) is 13.0. The van der Waals surface area contributed by atoms with E-state index in [0.29, 0.717) is 45.2 Å². The SMILES string of the molecule is COc1cc(/C=N/N(C(=O)c2cc(OC)c(OC)c(OC)c2)c2nc3ccc(Br)cc3s2)cc(OC)c1OC. The minimum Gasteiger partial charge on any atom is -0.493 e. The zero-order valence-corrected chi connectivity index (χ0v) is 24.5. The van der Waals surface area contributed by atoms with E-state index in [4.69, 9.17) is 28.4 Å². The summed E-state index contributed by atoms with van der Waals surface area (Å²) in [6, 6.07) is 12.3. The fourth-order valence-corrected chi connectivity index (χ4v) is 5.27. The Morgan fingerprint density at radius 1 is 0.821 bits per heavy atom. The van der Waals surface area contributed by atoms with Crippen LogP contribution in [0.2, 0.25) is 0 Å². The van der Waals surface area contributed by atoms with E-state index in [9.17, 15) is 4.79 Å². The number of aromatic nitrogens is 1. The van der Waals surface area contributed by atoms with Crippen molar-refractivity contribution in [2.24, 2.45) is 5.10 Å². The molecule has 0 bridgehead atoms. The lowest BCUT2D eigenvalue weighted by molar-refractivity contribution is 0.0987. The van der Waals surface area contributed by atoms with Crippen molar-refractivity contribution in [1.29, 1.82) is 0 Å². The van der Waals surface area contributed by atoms with Gasteiger partial charge in [0.1, 0.15) is 0 Å². The average molecular weight is 616 g/mol. The van der Waals surface area contributed by atoms with Gasteiger partial charge in [0.15, 0.2) is 23.0 Å². The van der Waals surface area contributed by atoms with Gasteiger partial charge in [-0.15, -0.1) is 0 Å². The molecule has 1 amide bonds. The van der Waals surface area contributed by atoms with E-state index in [0.717, 1.165) is 14.7 Å². The highest BCUT2D eigenvalue weighted by molar-refractivity contribution is 9.10. The third-order valence-electron chi connectivity index (χ3n) is 5.63. The van der Waals surface area contributed by atoms with Crippen LogP contribution in [0.25, 0.3) is 10.2 Å². The minimum atomic E-state index is -0.462. The number of benzene rings is 3. The van der Waals surface area contributed by atoms with Crippen molar-refractivity contribution in [2.45, 2.75) is 0 Å². The molecule has 1 heterocycles. The second kappa shape index (κ2) is 12.2. The summed E-state index contributed by atoms with van der Waals surface area (Å²) in [6.45, 7) is 0. The standard InChI is InChI=1S/C27H26BrN3O7S/c1-33-19-9-15(10-20(34-2)24(19)37-5)14-29-31(27-30-18-8-7-17(28)13-23(18)39-27)26(32)16-11-21(35-3)25(38-6)22(12-16)36-4/h7-14H,1-6H3/b29-14+. The van der Waals surface area contributed by atoms with Gasteiger partial charge in [0.05, 0.1) is 59.1 Å². The number of rotatable bonds is 10. The summed E-state index contributed by atoms with van der Waals surface area (Å²) in [4.78, 5) is 18.6. The molecular formula is C27H26BrN3O7S. The lowest BCUT2D eigenvalue weighted by Gasteiger charge is -2.17. The minimum absolute atomic E-state index is 0.256. The summed E-state index contributed by atoms with van der Waals surface area (Å²) in [7, 11) is 9.04. The number of halogens is 1. The van der Waals surface area contributed by atoms with Crippen LogP contribution >= 0.6 is 27.3 Å². The molecule has 0 saturated heterocycles. The molecule has 204 valence electrons. The Morgan fingerprint density at radius 2 is 1.36 bits per heavy atom. The number of methoxy groups -OCH3 is 6. The zero-order valence-electron chi connectivity index (χ0n) is 22.1. The second-order valence-corrected chi connectivity index (χ2v) is 9.77. The third-order valence-corrected chi connectivity index (χ3v) is 7.12. The Kier molecular flexibility index (Phi) is 8.77. The lowest BCUT2D eigenvalue weighted by atomic mass is 10.1. The average Bonchev–Trinajstić information content (AvgIpc) is 3.38. The van der Waals surface area contributed by atoms with Crippen molar-refractivity contribution < 1.29 is 33.2 Å². The van der Waals surface area contributed by atoms with Crippen LogP contribution in [0.4, 0.5) is 5.13 Å². The Bertz CT molecular complexity index is 1490. The van der Waals surface area contributed by atoms with Crippen molar-refractivity contribution in [1.82, 2.24) is 4.98 Å². The van der Waals surface area contributed by atoms with Crippen LogP contribution in [0.5, 0.6) is 34.5 Å². The van der Waals surface area contributed by atoms with Gasteiger partial charge in [-0.1, -0.05) is 27.3 Å². The first kappa shape index (κ1) is 28.0. The first-order chi connectivity index (χ1) is 18.9. The van der Waals surface area contributed by atoms with Gasteiger partial charge in [-0.05, 0) is 42.5 Å². The molecule has 0 N–H and O–H groups in total. The second-order valence-electron chi connectivity index (χ2n) is 7.84. The predicted octanol–water partition coefficient (Wildman–Crippen LogP) is 5.79. The van der Waals surface area contributed by atoms with E-state index in [1.165, 1.54) is 65.2 Å². The van der Waals surface area contributed by atoms with Gasteiger partial charge >= 0.3 is 0 Å². The van der Waals surface area contributed by atoms with Crippen molar-refractivity contribution >= 4 is 54.7 Å². The van der Waals surface area contributed by atoms with Crippen LogP contribution in [-0.4, -0.2) is 59.8 Å². The molecule has 0 atom stereocenters. The molecule has 10 nitrogen and oxygen atoms in total. The Morgan fingerprint density at radius 3 is 1.87 bits per heavy atom. The largest absolute Gasteiger partial charge is 0.493 e. The van der Waals surface area contributed by atoms with Gasteiger partial charge in [0, 0.05) is 15.6 Å². The Labute approximate surface area is 237 Å². The summed E-state index contributed by atoms with van der Waals surface area (Å²) >= 11 is 4.81. The summed E-state index contributed by atoms with van der Waals surface area (Å²) in [5.74, 6) is 1.92. The number of amides is 1. The molecule has 3 aromatic carbocycles. The Hall–Kier alpha value is -4.03. The van der Waals surface area contributed by atoms with E-state index in [1.54, 1.807) is 24.3 Å². The number of hydrogen-bond donors (Lipinski definition) is 0. The number of ether oxygens (including phenoxy) is 6. The number of fused-ring (bicyclic) bond motifs is 1. The number of thiazole rings is 1.